The van der Waals surface area contributed by atoms with Gasteiger partial charge in [0.25, 0.3) is 0 Å². The molecule has 0 saturated carbocycles. The first kappa shape index (κ1) is 10.4. The molecule has 0 aliphatic carbocycles. The highest BCUT2D eigenvalue weighted by Crippen LogP contribution is 2.24. The first-order chi connectivity index (χ1) is 7.07. The maximum absolute atomic E-state index is 13.3. The van der Waals surface area contributed by atoms with Crippen LogP contribution in [0.5, 0.6) is 5.75 Å². The van der Waals surface area contributed by atoms with E-state index in [0.29, 0.717) is 5.75 Å². The van der Waals surface area contributed by atoms with Crippen molar-refractivity contribution in [2.75, 3.05) is 6.54 Å². The zero-order valence-corrected chi connectivity index (χ0v) is 9.09. The van der Waals surface area contributed by atoms with Gasteiger partial charge in [0.1, 0.15) is 6.10 Å². The number of hydrogen-bond acceptors (Lipinski definition) is 2. The van der Waals surface area contributed by atoms with Crippen molar-refractivity contribution in [3.8, 4) is 5.75 Å². The standard InChI is InChI=1S/C12H16FNO/c1-12(2)7-9(8-14-12)15-11-6-4-3-5-10(11)13/h3-6,9,14H,7-8H2,1-2H3. The SMILES string of the molecule is CC1(C)CC(Oc2ccccc2F)CN1. The third-order valence-electron chi connectivity index (χ3n) is 2.68. The summed E-state index contributed by atoms with van der Waals surface area (Å²) in [5, 5.41) is 3.34. The number of benzene rings is 1. The van der Waals surface area contributed by atoms with E-state index >= 15 is 0 Å². The Balaban J connectivity index is 2.02. The van der Waals surface area contributed by atoms with E-state index in [0.717, 1.165) is 13.0 Å². The minimum Gasteiger partial charge on any atom is -0.486 e. The Morgan fingerprint density at radius 1 is 1.40 bits per heavy atom. The zero-order chi connectivity index (χ0) is 10.9. The topological polar surface area (TPSA) is 21.3 Å². The van der Waals surface area contributed by atoms with Gasteiger partial charge in [-0.1, -0.05) is 12.1 Å². The van der Waals surface area contributed by atoms with Crippen LogP contribution < -0.4 is 10.1 Å². The van der Waals surface area contributed by atoms with Gasteiger partial charge in [-0.05, 0) is 26.0 Å². The molecule has 1 aliphatic heterocycles. The van der Waals surface area contributed by atoms with Crippen LogP contribution in [0.4, 0.5) is 4.39 Å². The lowest BCUT2D eigenvalue weighted by Gasteiger charge is -2.17. The van der Waals surface area contributed by atoms with Gasteiger partial charge in [0.2, 0.25) is 0 Å². The average molecular weight is 209 g/mol. The molecule has 0 aromatic heterocycles. The lowest BCUT2D eigenvalue weighted by atomic mass is 10.0. The summed E-state index contributed by atoms with van der Waals surface area (Å²) in [7, 11) is 0. The van der Waals surface area contributed by atoms with Crippen molar-refractivity contribution in [1.82, 2.24) is 5.32 Å². The maximum Gasteiger partial charge on any atom is 0.165 e. The minimum absolute atomic E-state index is 0.0666. The Labute approximate surface area is 89.4 Å². The fraction of sp³-hybridized carbons (Fsp3) is 0.500. The van der Waals surface area contributed by atoms with Crippen molar-refractivity contribution in [2.45, 2.75) is 31.9 Å². The molecule has 2 rings (SSSR count). The van der Waals surface area contributed by atoms with Crippen LogP contribution in [0.1, 0.15) is 20.3 Å². The van der Waals surface area contributed by atoms with Gasteiger partial charge in [0, 0.05) is 18.5 Å². The Bertz CT molecular complexity index is 351. The van der Waals surface area contributed by atoms with Crippen LogP contribution in [0.3, 0.4) is 0 Å². The molecular weight excluding hydrogens is 193 g/mol. The van der Waals surface area contributed by atoms with Crippen LogP contribution in [0.15, 0.2) is 24.3 Å². The summed E-state index contributed by atoms with van der Waals surface area (Å²) < 4.78 is 18.9. The average Bonchev–Trinajstić information content (AvgIpc) is 2.50. The first-order valence-corrected chi connectivity index (χ1v) is 5.23. The predicted octanol–water partition coefficient (Wildman–Crippen LogP) is 2.34. The molecule has 15 heavy (non-hydrogen) atoms. The van der Waals surface area contributed by atoms with E-state index in [4.69, 9.17) is 4.74 Å². The number of rotatable bonds is 2. The van der Waals surface area contributed by atoms with E-state index in [-0.39, 0.29) is 17.5 Å². The highest BCUT2D eigenvalue weighted by Gasteiger charge is 2.31. The summed E-state index contributed by atoms with van der Waals surface area (Å²) in [5.74, 6) is 0.0595. The highest BCUT2D eigenvalue weighted by atomic mass is 19.1. The Hall–Kier alpha value is -1.09. The summed E-state index contributed by atoms with van der Waals surface area (Å²) in [5.41, 5.74) is 0.0932. The van der Waals surface area contributed by atoms with Gasteiger partial charge >= 0.3 is 0 Å². The second-order valence-corrected chi connectivity index (χ2v) is 4.64. The molecule has 0 bridgehead atoms. The van der Waals surface area contributed by atoms with Crippen LogP contribution in [-0.2, 0) is 0 Å². The summed E-state index contributed by atoms with van der Waals surface area (Å²) in [6, 6.07) is 6.54. The van der Waals surface area contributed by atoms with Crippen LogP contribution in [-0.4, -0.2) is 18.2 Å². The number of hydrogen-bond donors (Lipinski definition) is 1. The number of halogens is 1. The van der Waals surface area contributed by atoms with Gasteiger partial charge in [0.05, 0.1) is 0 Å². The summed E-state index contributed by atoms with van der Waals surface area (Å²) in [6.07, 6.45) is 0.971. The number of ether oxygens (including phenoxy) is 1. The van der Waals surface area contributed by atoms with Crippen molar-refractivity contribution in [3.05, 3.63) is 30.1 Å². The Morgan fingerprint density at radius 3 is 2.73 bits per heavy atom. The Kier molecular flexibility index (Phi) is 2.65. The highest BCUT2D eigenvalue weighted by molar-refractivity contribution is 5.24. The molecule has 1 N–H and O–H groups in total. The van der Waals surface area contributed by atoms with Crippen molar-refractivity contribution in [2.24, 2.45) is 0 Å². The van der Waals surface area contributed by atoms with Crippen molar-refractivity contribution < 1.29 is 9.13 Å². The van der Waals surface area contributed by atoms with Crippen LogP contribution in [0.2, 0.25) is 0 Å². The summed E-state index contributed by atoms with van der Waals surface area (Å²) >= 11 is 0. The maximum atomic E-state index is 13.3. The van der Waals surface area contributed by atoms with Gasteiger partial charge in [-0.3, -0.25) is 0 Å². The number of nitrogens with one attached hydrogen (secondary N) is 1. The van der Waals surface area contributed by atoms with Crippen molar-refractivity contribution in [3.63, 3.8) is 0 Å². The predicted molar refractivity (Wildman–Crippen MR) is 57.5 cm³/mol. The summed E-state index contributed by atoms with van der Waals surface area (Å²) in [6.45, 7) is 5.02. The van der Waals surface area contributed by atoms with E-state index in [2.05, 4.69) is 19.2 Å². The normalized spacial score (nSPS) is 24.1. The lowest BCUT2D eigenvalue weighted by molar-refractivity contribution is 0.205. The summed E-state index contributed by atoms with van der Waals surface area (Å²) in [4.78, 5) is 0. The molecule has 1 aromatic rings. The van der Waals surface area contributed by atoms with E-state index < -0.39 is 0 Å². The van der Waals surface area contributed by atoms with Gasteiger partial charge < -0.3 is 10.1 Å². The fourth-order valence-corrected chi connectivity index (χ4v) is 1.91. The van der Waals surface area contributed by atoms with E-state index in [9.17, 15) is 4.39 Å². The van der Waals surface area contributed by atoms with E-state index in [1.165, 1.54) is 6.07 Å². The van der Waals surface area contributed by atoms with Gasteiger partial charge in [-0.2, -0.15) is 0 Å². The monoisotopic (exact) mass is 209 g/mol. The molecule has 2 nitrogen and oxygen atoms in total. The quantitative estimate of drug-likeness (QED) is 0.807. The van der Waals surface area contributed by atoms with Crippen LogP contribution in [0.25, 0.3) is 0 Å². The molecule has 1 aliphatic rings. The first-order valence-electron chi connectivity index (χ1n) is 5.23. The molecule has 0 spiro atoms. The molecule has 1 saturated heterocycles. The molecule has 1 fully saturated rings. The smallest absolute Gasteiger partial charge is 0.165 e. The molecule has 82 valence electrons. The third kappa shape index (κ3) is 2.48. The van der Waals surface area contributed by atoms with E-state index in [1.807, 2.05) is 0 Å². The molecule has 1 unspecified atom stereocenters. The molecular formula is C12H16FNO. The second kappa shape index (κ2) is 3.81. The molecule has 0 radical (unpaired) electrons. The van der Waals surface area contributed by atoms with Gasteiger partial charge in [-0.15, -0.1) is 0 Å². The zero-order valence-electron chi connectivity index (χ0n) is 9.09. The van der Waals surface area contributed by atoms with Crippen molar-refractivity contribution in [1.29, 1.82) is 0 Å². The largest absolute Gasteiger partial charge is 0.486 e. The van der Waals surface area contributed by atoms with E-state index in [1.54, 1.807) is 18.2 Å². The fourth-order valence-electron chi connectivity index (χ4n) is 1.91. The molecule has 1 aromatic carbocycles. The van der Waals surface area contributed by atoms with Crippen LogP contribution >= 0.6 is 0 Å². The second-order valence-electron chi connectivity index (χ2n) is 4.64. The molecule has 3 heteroatoms. The van der Waals surface area contributed by atoms with Gasteiger partial charge in [0.15, 0.2) is 11.6 Å². The minimum atomic E-state index is -0.290. The van der Waals surface area contributed by atoms with Gasteiger partial charge in [-0.25, -0.2) is 4.39 Å². The Morgan fingerprint density at radius 2 is 2.13 bits per heavy atom. The van der Waals surface area contributed by atoms with Crippen molar-refractivity contribution >= 4 is 0 Å². The third-order valence-corrected chi connectivity index (χ3v) is 2.68. The number of para-hydroxylation sites is 1. The molecule has 1 atom stereocenters. The molecule has 1 heterocycles. The van der Waals surface area contributed by atoms with Crippen LogP contribution in [0, 0.1) is 5.82 Å². The lowest BCUT2D eigenvalue weighted by Crippen LogP contribution is -2.31. The molecule has 0 amide bonds.